The van der Waals surface area contributed by atoms with Crippen LogP contribution in [0.5, 0.6) is 5.75 Å². The van der Waals surface area contributed by atoms with Crippen LogP contribution in [0.4, 0.5) is 18.9 Å². The van der Waals surface area contributed by atoms with Crippen LogP contribution >= 0.6 is 0 Å². The number of alkyl halides is 3. The van der Waals surface area contributed by atoms with Gasteiger partial charge in [0.05, 0.1) is 24.5 Å². The summed E-state index contributed by atoms with van der Waals surface area (Å²) in [5.41, 5.74) is 2.62. The van der Waals surface area contributed by atoms with Crippen LogP contribution in [0.1, 0.15) is 21.5 Å². The third-order valence-electron chi connectivity index (χ3n) is 5.03. The minimum Gasteiger partial charge on any atom is -0.497 e. The molecule has 1 amide bonds. The Morgan fingerprint density at radius 1 is 1.00 bits per heavy atom. The van der Waals surface area contributed by atoms with E-state index < -0.39 is 17.6 Å². The van der Waals surface area contributed by atoms with Gasteiger partial charge in [0.1, 0.15) is 11.3 Å². The molecule has 3 aromatic carbocycles. The Morgan fingerprint density at radius 3 is 2.48 bits per heavy atom. The highest BCUT2D eigenvalue weighted by molar-refractivity contribution is 6.13. The van der Waals surface area contributed by atoms with Gasteiger partial charge in [-0.2, -0.15) is 13.2 Å². The Kier molecular flexibility index (Phi) is 5.19. The summed E-state index contributed by atoms with van der Waals surface area (Å²) in [5, 5.41) is 3.25. The molecule has 0 spiro atoms. The predicted molar refractivity (Wildman–Crippen MR) is 112 cm³/mol. The van der Waals surface area contributed by atoms with E-state index in [4.69, 9.17) is 9.15 Å². The van der Waals surface area contributed by atoms with Crippen molar-refractivity contribution in [2.45, 2.75) is 13.1 Å². The zero-order valence-corrected chi connectivity index (χ0v) is 16.7. The lowest BCUT2D eigenvalue weighted by atomic mass is 9.95. The number of carbonyl (C=O) groups is 1. The Bertz CT molecular complexity index is 1270. The van der Waals surface area contributed by atoms with Crippen LogP contribution in [-0.2, 0) is 6.18 Å². The van der Waals surface area contributed by atoms with Crippen molar-refractivity contribution in [1.82, 2.24) is 0 Å². The van der Waals surface area contributed by atoms with E-state index in [0.717, 1.165) is 40.0 Å². The molecule has 0 radical (unpaired) electrons. The number of nitrogens with one attached hydrogen (secondary N) is 1. The first-order valence-electron chi connectivity index (χ1n) is 9.42. The van der Waals surface area contributed by atoms with Gasteiger partial charge in [0, 0.05) is 11.1 Å². The maximum Gasteiger partial charge on any atom is 0.416 e. The molecule has 1 N–H and O–H groups in total. The van der Waals surface area contributed by atoms with E-state index >= 15 is 0 Å². The fourth-order valence-electron chi connectivity index (χ4n) is 3.51. The summed E-state index contributed by atoms with van der Waals surface area (Å²) in [6.45, 7) is 1.96. The van der Waals surface area contributed by atoms with Crippen LogP contribution in [0, 0.1) is 6.92 Å². The van der Waals surface area contributed by atoms with Crippen molar-refractivity contribution in [1.29, 1.82) is 0 Å². The lowest BCUT2D eigenvalue weighted by molar-refractivity contribution is -0.137. The molecule has 31 heavy (non-hydrogen) atoms. The number of hydrogen-bond donors (Lipinski definition) is 1. The number of aryl methyl sites for hydroxylation is 1. The van der Waals surface area contributed by atoms with Crippen molar-refractivity contribution in [3.63, 3.8) is 0 Å². The molecule has 0 saturated heterocycles. The third-order valence-corrected chi connectivity index (χ3v) is 5.03. The standard InChI is InChI=1S/C24H18F3NO3/c1-14-12-17(30-2)6-7-18(14)19-8-9-21(22-20(19)10-11-31-22)23(29)28-16-5-3-4-15(13-16)24(25,26)27/h3-13H,1-2H3,(H,28,29). The number of hydrogen-bond acceptors (Lipinski definition) is 3. The van der Waals surface area contributed by atoms with Crippen molar-refractivity contribution in [3.05, 3.63) is 83.6 Å². The number of ether oxygens (including phenoxy) is 1. The van der Waals surface area contributed by atoms with Gasteiger partial charge >= 0.3 is 6.18 Å². The van der Waals surface area contributed by atoms with Crippen LogP contribution in [0.2, 0.25) is 0 Å². The molecule has 4 aromatic rings. The molecule has 0 aliphatic heterocycles. The van der Waals surface area contributed by atoms with Crippen LogP contribution < -0.4 is 10.1 Å². The van der Waals surface area contributed by atoms with E-state index in [2.05, 4.69) is 5.32 Å². The van der Waals surface area contributed by atoms with Crippen molar-refractivity contribution in [2.75, 3.05) is 12.4 Å². The molecule has 158 valence electrons. The van der Waals surface area contributed by atoms with E-state index in [1.165, 1.54) is 18.4 Å². The van der Waals surface area contributed by atoms with E-state index in [9.17, 15) is 18.0 Å². The van der Waals surface area contributed by atoms with Crippen LogP contribution in [0.25, 0.3) is 22.1 Å². The van der Waals surface area contributed by atoms with Gasteiger partial charge in [-0.15, -0.1) is 0 Å². The van der Waals surface area contributed by atoms with Crippen molar-refractivity contribution in [2.24, 2.45) is 0 Å². The second-order valence-electron chi connectivity index (χ2n) is 7.04. The second-order valence-corrected chi connectivity index (χ2v) is 7.04. The van der Waals surface area contributed by atoms with E-state index in [0.29, 0.717) is 5.58 Å². The highest BCUT2D eigenvalue weighted by Crippen LogP contribution is 2.35. The van der Waals surface area contributed by atoms with Gasteiger partial charge in [-0.25, -0.2) is 0 Å². The molecule has 0 aliphatic carbocycles. The minimum atomic E-state index is -4.49. The molecule has 4 nitrogen and oxygen atoms in total. The molecular formula is C24H18F3NO3. The van der Waals surface area contributed by atoms with Crippen LogP contribution in [-0.4, -0.2) is 13.0 Å². The fourth-order valence-corrected chi connectivity index (χ4v) is 3.51. The molecule has 0 aliphatic rings. The number of rotatable bonds is 4. The molecule has 4 rings (SSSR count). The van der Waals surface area contributed by atoms with Gasteiger partial charge in [-0.05, 0) is 66.1 Å². The summed E-state index contributed by atoms with van der Waals surface area (Å²) in [4.78, 5) is 12.8. The number of furan rings is 1. The maximum atomic E-state index is 12.9. The topological polar surface area (TPSA) is 51.5 Å². The van der Waals surface area contributed by atoms with E-state index in [-0.39, 0.29) is 11.3 Å². The minimum absolute atomic E-state index is 0.0506. The fraction of sp³-hybridized carbons (Fsp3) is 0.125. The maximum absolute atomic E-state index is 12.9. The van der Waals surface area contributed by atoms with Crippen molar-refractivity contribution < 1.29 is 27.1 Å². The molecule has 0 saturated carbocycles. The Hall–Kier alpha value is -3.74. The van der Waals surface area contributed by atoms with Gasteiger partial charge in [-0.3, -0.25) is 4.79 Å². The number of fused-ring (bicyclic) bond motifs is 1. The van der Waals surface area contributed by atoms with Gasteiger partial charge < -0.3 is 14.5 Å². The first-order chi connectivity index (χ1) is 14.8. The molecular weight excluding hydrogens is 407 g/mol. The molecule has 0 fully saturated rings. The molecule has 1 heterocycles. The summed E-state index contributed by atoms with van der Waals surface area (Å²) >= 11 is 0. The Labute approximate surface area is 176 Å². The number of halogens is 3. The Balaban J connectivity index is 1.70. The number of methoxy groups -OCH3 is 1. The predicted octanol–water partition coefficient (Wildman–Crippen LogP) is 6.69. The number of anilines is 1. The van der Waals surface area contributed by atoms with E-state index in [1.54, 1.807) is 25.3 Å². The smallest absolute Gasteiger partial charge is 0.416 e. The highest BCUT2D eigenvalue weighted by atomic mass is 19.4. The van der Waals surface area contributed by atoms with Crippen molar-refractivity contribution >= 4 is 22.6 Å². The average Bonchev–Trinajstić information content (AvgIpc) is 3.22. The zero-order chi connectivity index (χ0) is 22.2. The van der Waals surface area contributed by atoms with Gasteiger partial charge in [-0.1, -0.05) is 18.2 Å². The molecule has 7 heteroatoms. The lowest BCUT2D eigenvalue weighted by Gasteiger charge is -2.12. The average molecular weight is 425 g/mol. The monoisotopic (exact) mass is 425 g/mol. The summed E-state index contributed by atoms with van der Waals surface area (Å²) in [7, 11) is 1.60. The first kappa shape index (κ1) is 20.5. The number of benzene rings is 3. The normalized spacial score (nSPS) is 11.5. The Morgan fingerprint density at radius 2 is 1.77 bits per heavy atom. The number of carbonyl (C=O) groups excluding carboxylic acids is 1. The molecule has 0 atom stereocenters. The number of amides is 1. The SMILES string of the molecule is COc1ccc(-c2ccc(C(=O)Nc3cccc(C(F)(F)F)c3)c3occc23)c(C)c1. The lowest BCUT2D eigenvalue weighted by Crippen LogP contribution is -2.13. The summed E-state index contributed by atoms with van der Waals surface area (Å²) < 4.78 is 49.7. The molecule has 1 aromatic heterocycles. The van der Waals surface area contributed by atoms with Crippen LogP contribution in [0.3, 0.4) is 0 Å². The second kappa shape index (κ2) is 7.83. The summed E-state index contributed by atoms with van der Waals surface area (Å²) in [6, 6.07) is 15.4. The highest BCUT2D eigenvalue weighted by Gasteiger charge is 2.30. The van der Waals surface area contributed by atoms with Crippen LogP contribution in [0.15, 0.2) is 71.3 Å². The largest absolute Gasteiger partial charge is 0.497 e. The van der Waals surface area contributed by atoms with Gasteiger partial charge in [0.2, 0.25) is 0 Å². The third kappa shape index (κ3) is 3.99. The zero-order valence-electron chi connectivity index (χ0n) is 16.7. The van der Waals surface area contributed by atoms with E-state index in [1.807, 2.05) is 25.1 Å². The molecule has 0 bridgehead atoms. The quantitative estimate of drug-likeness (QED) is 0.396. The summed E-state index contributed by atoms with van der Waals surface area (Å²) in [5.74, 6) is 0.180. The van der Waals surface area contributed by atoms with Gasteiger partial charge in [0.15, 0.2) is 0 Å². The van der Waals surface area contributed by atoms with Crippen molar-refractivity contribution in [3.8, 4) is 16.9 Å². The first-order valence-corrected chi connectivity index (χ1v) is 9.42. The molecule has 0 unspecified atom stereocenters. The van der Waals surface area contributed by atoms with Gasteiger partial charge in [0.25, 0.3) is 5.91 Å². The summed E-state index contributed by atoms with van der Waals surface area (Å²) in [6.07, 6.45) is -3.01.